The van der Waals surface area contributed by atoms with E-state index in [0.29, 0.717) is 0 Å². The van der Waals surface area contributed by atoms with E-state index < -0.39 is 5.60 Å². The molecule has 1 heteroatoms. The Morgan fingerprint density at radius 2 is 1.36 bits per heavy atom. The molecule has 2 aliphatic carbocycles. The van der Waals surface area contributed by atoms with Crippen molar-refractivity contribution in [2.45, 2.75) is 71.3 Å². The van der Waals surface area contributed by atoms with Crippen molar-refractivity contribution in [3.8, 4) is 0 Å². The predicted molar refractivity (Wildman–Crippen MR) is 59.2 cm³/mol. The minimum Gasteiger partial charge on any atom is -0.389 e. The number of rotatable bonds is 0. The first-order valence-electron chi connectivity index (χ1n) is 6.14. The van der Waals surface area contributed by atoms with Crippen LogP contribution in [0.3, 0.4) is 0 Å². The molecule has 0 saturated heterocycles. The number of aliphatic hydroxyl groups is 1. The SMILES string of the molecule is CC1(C)CCC[C@]2(C)CCCC[C@]12O. The number of hydrogen-bond acceptors (Lipinski definition) is 1. The van der Waals surface area contributed by atoms with Gasteiger partial charge in [-0.05, 0) is 36.5 Å². The molecule has 0 unspecified atom stereocenters. The van der Waals surface area contributed by atoms with Crippen LogP contribution in [0.15, 0.2) is 0 Å². The Labute approximate surface area is 87.9 Å². The van der Waals surface area contributed by atoms with Crippen LogP contribution in [0.4, 0.5) is 0 Å². The second-order valence-electron chi connectivity index (χ2n) is 6.37. The van der Waals surface area contributed by atoms with Crippen LogP contribution in [0.5, 0.6) is 0 Å². The van der Waals surface area contributed by atoms with Gasteiger partial charge in [0.15, 0.2) is 0 Å². The molecular formula is C13H24O. The maximum absolute atomic E-state index is 11.0. The molecule has 0 bridgehead atoms. The van der Waals surface area contributed by atoms with Crippen molar-refractivity contribution in [2.24, 2.45) is 10.8 Å². The second kappa shape index (κ2) is 2.98. The van der Waals surface area contributed by atoms with Gasteiger partial charge in [0.05, 0.1) is 5.60 Å². The maximum atomic E-state index is 11.0. The summed E-state index contributed by atoms with van der Waals surface area (Å²) in [6, 6.07) is 0. The fourth-order valence-corrected chi connectivity index (χ4v) is 4.02. The fraction of sp³-hybridized carbons (Fsp3) is 1.00. The first-order valence-corrected chi connectivity index (χ1v) is 6.14. The summed E-state index contributed by atoms with van der Waals surface area (Å²) in [6.07, 6.45) is 8.51. The van der Waals surface area contributed by atoms with Gasteiger partial charge in [0, 0.05) is 0 Å². The minimum atomic E-state index is -0.392. The van der Waals surface area contributed by atoms with Crippen LogP contribution >= 0.6 is 0 Å². The summed E-state index contributed by atoms with van der Waals surface area (Å²) in [7, 11) is 0. The molecule has 14 heavy (non-hydrogen) atoms. The Balaban J connectivity index is 2.36. The molecule has 2 aliphatic rings. The number of fused-ring (bicyclic) bond motifs is 1. The molecule has 0 aromatic rings. The molecular weight excluding hydrogens is 172 g/mol. The summed E-state index contributed by atoms with van der Waals surface area (Å²) >= 11 is 0. The van der Waals surface area contributed by atoms with Gasteiger partial charge < -0.3 is 5.11 Å². The van der Waals surface area contributed by atoms with Gasteiger partial charge in [-0.1, -0.05) is 40.0 Å². The standard InChI is InChI=1S/C13H24O/c1-11(2)7-6-9-12(3)8-4-5-10-13(11,12)14/h14H,4-10H2,1-3H3/t12-,13-/m0/s1. The second-order valence-corrected chi connectivity index (χ2v) is 6.37. The molecule has 1 N–H and O–H groups in total. The highest BCUT2D eigenvalue weighted by Gasteiger charge is 2.58. The van der Waals surface area contributed by atoms with Crippen molar-refractivity contribution < 1.29 is 5.11 Å². The summed E-state index contributed by atoms with van der Waals surface area (Å²) in [5, 5.41) is 11.0. The normalized spacial score (nSPS) is 47.1. The molecule has 2 atom stereocenters. The third kappa shape index (κ3) is 1.18. The van der Waals surface area contributed by atoms with E-state index in [-0.39, 0.29) is 10.8 Å². The van der Waals surface area contributed by atoms with Crippen molar-refractivity contribution >= 4 is 0 Å². The van der Waals surface area contributed by atoms with Crippen molar-refractivity contribution in [2.75, 3.05) is 0 Å². The lowest BCUT2D eigenvalue weighted by molar-refractivity contribution is -0.203. The van der Waals surface area contributed by atoms with Crippen molar-refractivity contribution in [1.29, 1.82) is 0 Å². The summed E-state index contributed by atoms with van der Waals surface area (Å²) < 4.78 is 0. The van der Waals surface area contributed by atoms with Crippen LogP contribution in [-0.4, -0.2) is 10.7 Å². The van der Waals surface area contributed by atoms with E-state index in [1.807, 2.05) is 0 Å². The van der Waals surface area contributed by atoms with E-state index in [4.69, 9.17) is 0 Å². The van der Waals surface area contributed by atoms with Crippen LogP contribution in [0.1, 0.15) is 65.7 Å². The van der Waals surface area contributed by atoms with Crippen molar-refractivity contribution in [1.82, 2.24) is 0 Å². The Morgan fingerprint density at radius 1 is 0.786 bits per heavy atom. The highest BCUT2D eigenvalue weighted by molar-refractivity contribution is 5.09. The molecule has 2 saturated carbocycles. The third-order valence-corrected chi connectivity index (χ3v) is 5.17. The largest absolute Gasteiger partial charge is 0.389 e. The zero-order valence-electron chi connectivity index (χ0n) is 9.90. The predicted octanol–water partition coefficient (Wildman–Crippen LogP) is 3.51. The van der Waals surface area contributed by atoms with E-state index in [1.54, 1.807) is 0 Å². The van der Waals surface area contributed by atoms with Gasteiger partial charge in [0.1, 0.15) is 0 Å². The van der Waals surface area contributed by atoms with E-state index in [9.17, 15) is 5.11 Å². The minimum absolute atomic E-state index is 0.125. The van der Waals surface area contributed by atoms with Gasteiger partial charge in [-0.15, -0.1) is 0 Å². The Morgan fingerprint density at radius 3 is 2.00 bits per heavy atom. The van der Waals surface area contributed by atoms with Crippen LogP contribution in [0, 0.1) is 10.8 Å². The summed E-state index contributed by atoms with van der Waals surface area (Å²) in [4.78, 5) is 0. The van der Waals surface area contributed by atoms with Gasteiger partial charge in [-0.25, -0.2) is 0 Å². The molecule has 0 aromatic heterocycles. The van der Waals surface area contributed by atoms with Gasteiger partial charge in [-0.2, -0.15) is 0 Å². The Kier molecular flexibility index (Phi) is 2.23. The Hall–Kier alpha value is -0.0400. The molecule has 0 heterocycles. The zero-order chi connectivity index (χ0) is 10.4. The lowest BCUT2D eigenvalue weighted by atomic mass is 9.49. The molecule has 0 amide bonds. The molecule has 2 fully saturated rings. The highest BCUT2D eigenvalue weighted by atomic mass is 16.3. The quantitative estimate of drug-likeness (QED) is 0.628. The van der Waals surface area contributed by atoms with E-state index in [1.165, 1.54) is 38.5 Å². The van der Waals surface area contributed by atoms with E-state index >= 15 is 0 Å². The lowest BCUT2D eigenvalue weighted by Crippen LogP contribution is -2.60. The summed E-state index contributed by atoms with van der Waals surface area (Å²) in [6.45, 7) is 6.83. The molecule has 0 spiro atoms. The third-order valence-electron chi connectivity index (χ3n) is 5.17. The van der Waals surface area contributed by atoms with Crippen LogP contribution in [-0.2, 0) is 0 Å². The first-order chi connectivity index (χ1) is 6.41. The topological polar surface area (TPSA) is 20.2 Å². The number of hydrogen-bond donors (Lipinski definition) is 1. The smallest absolute Gasteiger partial charge is 0.0751 e. The molecule has 2 rings (SSSR count). The fourth-order valence-electron chi connectivity index (χ4n) is 4.02. The Bertz CT molecular complexity index is 229. The van der Waals surface area contributed by atoms with Gasteiger partial charge in [-0.3, -0.25) is 0 Å². The van der Waals surface area contributed by atoms with E-state index in [0.717, 1.165) is 6.42 Å². The van der Waals surface area contributed by atoms with Gasteiger partial charge in [0.2, 0.25) is 0 Å². The summed E-state index contributed by atoms with van der Waals surface area (Å²) in [5.74, 6) is 0. The monoisotopic (exact) mass is 196 g/mol. The van der Waals surface area contributed by atoms with Crippen LogP contribution < -0.4 is 0 Å². The van der Waals surface area contributed by atoms with E-state index in [2.05, 4.69) is 20.8 Å². The lowest BCUT2D eigenvalue weighted by Gasteiger charge is -2.60. The molecule has 0 aliphatic heterocycles. The zero-order valence-corrected chi connectivity index (χ0v) is 9.90. The van der Waals surface area contributed by atoms with Crippen LogP contribution in [0.2, 0.25) is 0 Å². The van der Waals surface area contributed by atoms with Crippen LogP contribution in [0.25, 0.3) is 0 Å². The maximum Gasteiger partial charge on any atom is 0.0751 e. The average Bonchev–Trinajstić information content (AvgIpc) is 2.08. The van der Waals surface area contributed by atoms with Gasteiger partial charge in [0.25, 0.3) is 0 Å². The van der Waals surface area contributed by atoms with Crippen molar-refractivity contribution in [3.05, 3.63) is 0 Å². The van der Waals surface area contributed by atoms with Crippen molar-refractivity contribution in [3.63, 3.8) is 0 Å². The molecule has 82 valence electrons. The highest BCUT2D eigenvalue weighted by Crippen LogP contribution is 2.60. The average molecular weight is 196 g/mol. The molecule has 0 radical (unpaired) electrons. The molecule has 1 nitrogen and oxygen atoms in total. The van der Waals surface area contributed by atoms with Gasteiger partial charge >= 0.3 is 0 Å². The molecule has 0 aromatic carbocycles. The first kappa shape index (κ1) is 10.5. The summed E-state index contributed by atoms with van der Waals surface area (Å²) in [5.41, 5.74) is -0.0656.